The smallest absolute Gasteiger partial charge is 0.149 e. The quantitative estimate of drug-likeness (QED) is 0.756. The van der Waals surface area contributed by atoms with E-state index in [2.05, 4.69) is 10.3 Å². The number of benzene rings is 1. The highest BCUT2D eigenvalue weighted by atomic mass is 16.5. The van der Waals surface area contributed by atoms with Crippen LogP contribution in [0.25, 0.3) is 0 Å². The molecule has 0 unspecified atom stereocenters. The molecule has 0 aliphatic carbocycles. The third-order valence-electron chi connectivity index (χ3n) is 2.78. The van der Waals surface area contributed by atoms with E-state index in [1.807, 2.05) is 32.0 Å². The second kappa shape index (κ2) is 6.69. The van der Waals surface area contributed by atoms with Gasteiger partial charge in [0.15, 0.2) is 0 Å². The van der Waals surface area contributed by atoms with Crippen molar-refractivity contribution >= 4 is 23.0 Å². The Hall–Kier alpha value is -2.63. The summed E-state index contributed by atoms with van der Waals surface area (Å²) in [6.45, 7) is 5.03. The zero-order valence-corrected chi connectivity index (χ0v) is 12.2. The van der Waals surface area contributed by atoms with Gasteiger partial charge in [0, 0.05) is 6.07 Å². The van der Waals surface area contributed by atoms with E-state index in [4.69, 9.17) is 20.9 Å². The highest BCUT2D eigenvalue weighted by molar-refractivity contribution is 5.69. The molecule has 0 radical (unpaired) electrons. The maximum atomic E-state index is 5.72. The molecule has 0 bridgehead atoms. The first kappa shape index (κ1) is 14.8. The third kappa shape index (κ3) is 3.68. The van der Waals surface area contributed by atoms with Gasteiger partial charge in [0.1, 0.15) is 23.1 Å². The van der Waals surface area contributed by atoms with Crippen molar-refractivity contribution in [2.75, 3.05) is 30.0 Å². The molecule has 0 aliphatic heterocycles. The molecule has 6 heteroatoms. The van der Waals surface area contributed by atoms with E-state index in [-0.39, 0.29) is 0 Å². The largest absolute Gasteiger partial charge is 0.494 e. The molecule has 0 fully saturated rings. The van der Waals surface area contributed by atoms with E-state index in [1.165, 1.54) is 0 Å². The zero-order chi connectivity index (χ0) is 15.2. The molecule has 0 atom stereocenters. The Morgan fingerprint density at radius 3 is 2.48 bits per heavy atom. The van der Waals surface area contributed by atoms with Crippen molar-refractivity contribution in [2.24, 2.45) is 0 Å². The monoisotopic (exact) mass is 288 g/mol. The van der Waals surface area contributed by atoms with E-state index in [9.17, 15) is 0 Å². The second-order valence-electron chi connectivity index (χ2n) is 4.32. The van der Waals surface area contributed by atoms with Gasteiger partial charge in [0.2, 0.25) is 0 Å². The van der Waals surface area contributed by atoms with Crippen LogP contribution in [-0.4, -0.2) is 18.2 Å². The number of rotatable bonds is 6. The van der Waals surface area contributed by atoms with Gasteiger partial charge in [-0.1, -0.05) is 0 Å². The Balaban J connectivity index is 2.30. The predicted octanol–water partition coefficient (Wildman–Crippen LogP) is 2.79. The minimum atomic E-state index is 0.291. The average Bonchev–Trinajstić information content (AvgIpc) is 2.46. The summed E-state index contributed by atoms with van der Waals surface area (Å²) in [7, 11) is 0. The molecule has 21 heavy (non-hydrogen) atoms. The van der Waals surface area contributed by atoms with E-state index < -0.39 is 0 Å². The summed E-state index contributed by atoms with van der Waals surface area (Å²) in [5.74, 6) is 2.36. The van der Waals surface area contributed by atoms with E-state index in [1.54, 1.807) is 12.1 Å². The molecule has 1 aromatic carbocycles. The molecule has 2 aromatic rings. The molecule has 0 aliphatic rings. The Labute approximate surface area is 124 Å². The zero-order valence-electron chi connectivity index (χ0n) is 12.2. The molecule has 112 valence electrons. The van der Waals surface area contributed by atoms with Crippen LogP contribution in [0, 0.1) is 0 Å². The van der Waals surface area contributed by atoms with Crippen LogP contribution in [-0.2, 0) is 0 Å². The number of nitrogens with one attached hydrogen (secondary N) is 1. The number of pyridine rings is 1. The van der Waals surface area contributed by atoms with Gasteiger partial charge in [-0.25, -0.2) is 4.98 Å². The number of nitrogens with zero attached hydrogens (tertiary/aromatic N) is 1. The van der Waals surface area contributed by atoms with Gasteiger partial charge >= 0.3 is 0 Å². The average molecular weight is 288 g/mol. The van der Waals surface area contributed by atoms with Gasteiger partial charge in [-0.2, -0.15) is 0 Å². The maximum Gasteiger partial charge on any atom is 0.149 e. The van der Waals surface area contributed by atoms with E-state index in [0.717, 1.165) is 17.2 Å². The number of hydrogen-bond acceptors (Lipinski definition) is 6. The molecular formula is C15H20N4O2. The Morgan fingerprint density at radius 1 is 1.05 bits per heavy atom. The minimum Gasteiger partial charge on any atom is -0.494 e. The lowest BCUT2D eigenvalue weighted by Crippen LogP contribution is -2.03. The first-order valence-electron chi connectivity index (χ1n) is 6.82. The fourth-order valence-electron chi connectivity index (χ4n) is 1.84. The maximum absolute atomic E-state index is 5.72. The second-order valence-corrected chi connectivity index (χ2v) is 4.32. The Bertz CT molecular complexity index is 617. The van der Waals surface area contributed by atoms with E-state index >= 15 is 0 Å². The molecule has 1 heterocycles. The van der Waals surface area contributed by atoms with Gasteiger partial charge < -0.3 is 26.3 Å². The molecule has 5 N–H and O–H groups in total. The van der Waals surface area contributed by atoms with Crippen LogP contribution in [0.2, 0.25) is 0 Å². The number of ether oxygens (including phenoxy) is 2. The summed E-state index contributed by atoms with van der Waals surface area (Å²) < 4.78 is 11.1. The highest BCUT2D eigenvalue weighted by Gasteiger charge is 2.08. The summed E-state index contributed by atoms with van der Waals surface area (Å²) >= 11 is 0. The summed E-state index contributed by atoms with van der Waals surface area (Å²) in [6.07, 6.45) is 0. The molecular weight excluding hydrogens is 268 g/mol. The molecule has 0 saturated carbocycles. The summed E-state index contributed by atoms with van der Waals surface area (Å²) in [5, 5.41) is 3.17. The normalized spacial score (nSPS) is 10.2. The number of anilines is 4. The van der Waals surface area contributed by atoms with Gasteiger partial charge in [0.05, 0.1) is 24.6 Å². The molecule has 1 aromatic heterocycles. The van der Waals surface area contributed by atoms with Crippen molar-refractivity contribution in [1.82, 2.24) is 4.98 Å². The van der Waals surface area contributed by atoms with Crippen LogP contribution in [0.3, 0.4) is 0 Å². The van der Waals surface area contributed by atoms with Crippen molar-refractivity contribution in [3.05, 3.63) is 30.3 Å². The van der Waals surface area contributed by atoms with Gasteiger partial charge in [-0.3, -0.25) is 0 Å². The van der Waals surface area contributed by atoms with Crippen molar-refractivity contribution in [1.29, 1.82) is 0 Å². The van der Waals surface area contributed by atoms with Crippen molar-refractivity contribution < 1.29 is 9.47 Å². The SMILES string of the molecule is CCOc1ccc(OCC)c(Nc2ccc(N)c(N)n2)c1. The minimum absolute atomic E-state index is 0.291. The number of aromatic nitrogens is 1. The number of nitrogen functional groups attached to an aromatic ring is 2. The van der Waals surface area contributed by atoms with Crippen LogP contribution in [0.5, 0.6) is 11.5 Å². The van der Waals surface area contributed by atoms with Gasteiger partial charge in [0.25, 0.3) is 0 Å². The Kier molecular flexibility index (Phi) is 4.71. The van der Waals surface area contributed by atoms with Crippen molar-refractivity contribution in [2.45, 2.75) is 13.8 Å². The topological polar surface area (TPSA) is 95.4 Å². The summed E-state index contributed by atoms with van der Waals surface area (Å²) in [5.41, 5.74) is 12.6. The lowest BCUT2D eigenvalue weighted by Gasteiger charge is -2.14. The first-order chi connectivity index (χ1) is 10.1. The fourth-order valence-corrected chi connectivity index (χ4v) is 1.84. The van der Waals surface area contributed by atoms with Crippen LogP contribution in [0.4, 0.5) is 23.0 Å². The van der Waals surface area contributed by atoms with Crippen molar-refractivity contribution in [3.8, 4) is 11.5 Å². The van der Waals surface area contributed by atoms with Gasteiger partial charge in [-0.15, -0.1) is 0 Å². The summed E-state index contributed by atoms with van der Waals surface area (Å²) in [4.78, 5) is 4.19. The number of nitrogens with two attached hydrogens (primary N) is 2. The fraction of sp³-hybridized carbons (Fsp3) is 0.267. The molecule has 0 amide bonds. The van der Waals surface area contributed by atoms with Gasteiger partial charge in [-0.05, 0) is 38.1 Å². The molecule has 0 spiro atoms. The third-order valence-corrected chi connectivity index (χ3v) is 2.78. The highest BCUT2D eigenvalue weighted by Crippen LogP contribution is 2.32. The van der Waals surface area contributed by atoms with Crippen molar-refractivity contribution in [3.63, 3.8) is 0 Å². The van der Waals surface area contributed by atoms with Crippen LogP contribution in [0.1, 0.15) is 13.8 Å². The molecule has 6 nitrogen and oxygen atoms in total. The van der Waals surface area contributed by atoms with E-state index in [0.29, 0.717) is 30.5 Å². The number of hydrogen-bond donors (Lipinski definition) is 3. The first-order valence-corrected chi connectivity index (χ1v) is 6.82. The Morgan fingerprint density at radius 2 is 1.81 bits per heavy atom. The van der Waals surface area contributed by atoms with Crippen LogP contribution in [0.15, 0.2) is 30.3 Å². The molecule has 2 rings (SSSR count). The lowest BCUT2D eigenvalue weighted by atomic mass is 10.2. The molecule has 0 saturated heterocycles. The van der Waals surface area contributed by atoms with Crippen LogP contribution < -0.4 is 26.3 Å². The summed E-state index contributed by atoms with van der Waals surface area (Å²) in [6, 6.07) is 9.05. The lowest BCUT2D eigenvalue weighted by molar-refractivity contribution is 0.332. The van der Waals surface area contributed by atoms with Crippen LogP contribution >= 0.6 is 0 Å². The standard InChI is InChI=1S/C15H20N4O2/c1-3-20-10-5-7-13(21-4-2)12(9-10)18-14-8-6-11(16)15(17)19-14/h5-9H,3-4,16H2,1-2H3,(H3,17,18,19). The predicted molar refractivity (Wildman–Crippen MR) is 85.1 cm³/mol.